The van der Waals surface area contributed by atoms with Gasteiger partial charge in [-0.15, -0.1) is 0 Å². The summed E-state index contributed by atoms with van der Waals surface area (Å²) in [5.41, 5.74) is 0.249. The summed E-state index contributed by atoms with van der Waals surface area (Å²) in [6.45, 7) is 6.00. The van der Waals surface area contributed by atoms with Gasteiger partial charge >= 0.3 is 5.97 Å². The fourth-order valence-electron chi connectivity index (χ4n) is 1.49. The Morgan fingerprint density at radius 3 is 3.33 bits per heavy atom. The third kappa shape index (κ3) is 1.72. The van der Waals surface area contributed by atoms with Gasteiger partial charge in [-0.3, -0.25) is 0 Å². The Balaban J connectivity index is 2.28. The van der Waals surface area contributed by atoms with Crippen molar-refractivity contribution in [3.63, 3.8) is 0 Å². The zero-order valence-electron chi connectivity index (χ0n) is 8.47. The molecule has 0 spiro atoms. The molecule has 1 aromatic heterocycles. The molecule has 0 N–H and O–H groups in total. The van der Waals surface area contributed by atoms with Crippen molar-refractivity contribution in [2.75, 3.05) is 6.61 Å². The average molecular weight is 208 g/mol. The third-order valence-corrected chi connectivity index (χ3v) is 2.30. The van der Waals surface area contributed by atoms with Crippen molar-refractivity contribution in [1.29, 1.82) is 0 Å². The maximum Gasteiger partial charge on any atom is 0.363 e. The molecule has 0 saturated carbocycles. The lowest BCUT2D eigenvalue weighted by Gasteiger charge is -2.20. The first kappa shape index (κ1) is 9.76. The first-order valence-corrected chi connectivity index (χ1v) is 4.76. The fourth-order valence-corrected chi connectivity index (χ4v) is 1.49. The number of hydrogen-bond acceptors (Lipinski definition) is 4. The van der Waals surface area contributed by atoms with Crippen LogP contribution in [0.3, 0.4) is 0 Å². The Hall–Kier alpha value is -1.78. The Kier molecular flexibility index (Phi) is 2.45. The van der Waals surface area contributed by atoms with E-state index in [0.717, 1.165) is 12.7 Å². The van der Waals surface area contributed by atoms with Crippen LogP contribution in [0.4, 0.5) is 0 Å². The van der Waals surface area contributed by atoms with E-state index in [4.69, 9.17) is 4.74 Å². The minimum Gasteiger partial charge on any atom is -0.478 e. The van der Waals surface area contributed by atoms with Crippen LogP contribution >= 0.6 is 0 Å². The summed E-state index contributed by atoms with van der Waals surface area (Å²) in [4.78, 5) is 11.3. The van der Waals surface area contributed by atoms with Gasteiger partial charge < -0.3 is 9.47 Å². The highest BCUT2D eigenvalue weighted by molar-refractivity contribution is 5.87. The van der Waals surface area contributed by atoms with Gasteiger partial charge in [-0.2, -0.15) is 5.10 Å². The summed E-state index contributed by atoms with van der Waals surface area (Å²) >= 11 is 0. The molecule has 5 nitrogen and oxygen atoms in total. The molecule has 1 aromatic rings. The number of carbonyl (C=O) groups is 1. The zero-order chi connectivity index (χ0) is 10.8. The predicted molar refractivity (Wildman–Crippen MR) is 52.7 cm³/mol. The summed E-state index contributed by atoms with van der Waals surface area (Å²) in [5, 5.41) is 4.12. The molecule has 2 rings (SSSR count). The third-order valence-electron chi connectivity index (χ3n) is 2.30. The van der Waals surface area contributed by atoms with Crippen molar-refractivity contribution in [3.8, 4) is 5.88 Å². The van der Waals surface area contributed by atoms with E-state index in [0.29, 0.717) is 12.5 Å². The molecule has 1 aliphatic heterocycles. The van der Waals surface area contributed by atoms with Crippen LogP contribution in [-0.2, 0) is 4.74 Å². The number of rotatable bonds is 2. The molecule has 5 heteroatoms. The number of aromatic nitrogens is 2. The molecule has 1 aliphatic rings. The summed E-state index contributed by atoms with van der Waals surface area (Å²) < 4.78 is 11.7. The second-order valence-electron chi connectivity index (χ2n) is 3.37. The summed E-state index contributed by atoms with van der Waals surface area (Å²) in [6, 6.07) is 1.83. The lowest BCUT2D eigenvalue weighted by Crippen LogP contribution is -2.19. The van der Waals surface area contributed by atoms with Crippen LogP contribution in [0, 0.1) is 0 Å². The molecule has 0 radical (unpaired) electrons. The van der Waals surface area contributed by atoms with Crippen LogP contribution in [-0.4, -0.2) is 22.4 Å². The molecule has 15 heavy (non-hydrogen) atoms. The maximum atomic E-state index is 11.3. The largest absolute Gasteiger partial charge is 0.478 e. The Labute approximate surface area is 87.3 Å². The topological polar surface area (TPSA) is 53.4 Å². The Morgan fingerprint density at radius 2 is 2.67 bits per heavy atom. The van der Waals surface area contributed by atoms with E-state index < -0.39 is 5.97 Å². The van der Waals surface area contributed by atoms with Crippen molar-refractivity contribution in [3.05, 3.63) is 24.6 Å². The normalized spacial score (nSPS) is 18.9. The molecular weight excluding hydrogens is 196 g/mol. The van der Waals surface area contributed by atoms with E-state index >= 15 is 0 Å². The first-order valence-electron chi connectivity index (χ1n) is 4.76. The number of carbonyl (C=O) groups excluding carboxylic acids is 1. The Morgan fingerprint density at radius 1 is 1.87 bits per heavy atom. The van der Waals surface area contributed by atoms with E-state index in [1.54, 1.807) is 10.7 Å². The summed E-state index contributed by atoms with van der Waals surface area (Å²) in [5.74, 6) is 0.104. The van der Waals surface area contributed by atoms with E-state index in [1.807, 2.05) is 6.92 Å². The molecule has 0 aromatic carbocycles. The second-order valence-corrected chi connectivity index (χ2v) is 3.37. The van der Waals surface area contributed by atoms with Gasteiger partial charge in [-0.25, -0.2) is 9.48 Å². The van der Waals surface area contributed by atoms with Crippen LogP contribution in [0.2, 0.25) is 0 Å². The monoisotopic (exact) mass is 208 g/mol. The van der Waals surface area contributed by atoms with Gasteiger partial charge in [-0.05, 0) is 6.92 Å². The molecule has 0 saturated heterocycles. The molecule has 2 heterocycles. The van der Waals surface area contributed by atoms with Crippen LogP contribution in [0.5, 0.6) is 5.88 Å². The van der Waals surface area contributed by atoms with E-state index in [1.165, 1.54) is 0 Å². The molecule has 1 atom stereocenters. The second kappa shape index (κ2) is 3.76. The van der Waals surface area contributed by atoms with Gasteiger partial charge in [0.25, 0.3) is 0 Å². The Bertz CT molecular complexity index is 397. The van der Waals surface area contributed by atoms with E-state index in [2.05, 4.69) is 16.4 Å². The highest BCUT2D eigenvalue weighted by atomic mass is 16.5. The van der Waals surface area contributed by atoms with Crippen molar-refractivity contribution < 1.29 is 14.3 Å². The lowest BCUT2D eigenvalue weighted by molar-refractivity contribution is 0.0656. The molecule has 0 fully saturated rings. The number of nitrogens with zero attached hydrogens (tertiary/aromatic N) is 2. The quantitative estimate of drug-likeness (QED) is 0.546. The minimum absolute atomic E-state index is 0.249. The average Bonchev–Trinajstić information content (AvgIpc) is 2.63. The van der Waals surface area contributed by atoms with Crippen LogP contribution in [0.15, 0.2) is 18.9 Å². The lowest BCUT2D eigenvalue weighted by atomic mass is 10.2. The highest BCUT2D eigenvalue weighted by Gasteiger charge is 2.22. The summed E-state index contributed by atoms with van der Waals surface area (Å²) in [6.07, 6.45) is 1.98. The van der Waals surface area contributed by atoms with Gasteiger partial charge in [0.15, 0.2) is 5.69 Å². The molecular formula is C10H12N2O3. The van der Waals surface area contributed by atoms with E-state index in [9.17, 15) is 4.79 Å². The fraction of sp³-hybridized carbons (Fsp3) is 0.400. The zero-order valence-corrected chi connectivity index (χ0v) is 8.47. The molecule has 0 amide bonds. The van der Waals surface area contributed by atoms with Crippen molar-refractivity contribution in [2.24, 2.45) is 0 Å². The number of hydrogen-bond donors (Lipinski definition) is 0. The van der Waals surface area contributed by atoms with Gasteiger partial charge in [0.05, 0.1) is 18.9 Å². The van der Waals surface area contributed by atoms with Crippen molar-refractivity contribution in [1.82, 2.24) is 9.78 Å². The highest BCUT2D eigenvalue weighted by Crippen LogP contribution is 2.25. The van der Waals surface area contributed by atoms with Crippen LogP contribution in [0.1, 0.15) is 29.9 Å². The molecule has 0 bridgehead atoms. The van der Waals surface area contributed by atoms with Gasteiger partial charge in [-0.1, -0.05) is 6.58 Å². The van der Waals surface area contributed by atoms with Crippen molar-refractivity contribution >= 4 is 5.97 Å². The SMILES string of the molecule is C=COC(=O)c1cc2n(n1)C(C)CCO2. The standard InChI is InChI=1S/C10H12N2O3/c1-3-14-10(13)8-6-9-12(11-8)7(2)4-5-15-9/h3,6-7H,1,4-5H2,2H3. The van der Waals surface area contributed by atoms with Crippen LogP contribution < -0.4 is 4.74 Å². The van der Waals surface area contributed by atoms with Gasteiger partial charge in [0.1, 0.15) is 0 Å². The molecule has 0 aliphatic carbocycles. The van der Waals surface area contributed by atoms with Crippen molar-refractivity contribution in [2.45, 2.75) is 19.4 Å². The smallest absolute Gasteiger partial charge is 0.363 e. The number of fused-ring (bicyclic) bond motifs is 1. The number of ether oxygens (including phenoxy) is 2. The van der Waals surface area contributed by atoms with Gasteiger partial charge in [0.2, 0.25) is 5.88 Å². The van der Waals surface area contributed by atoms with Gasteiger partial charge in [0, 0.05) is 12.5 Å². The minimum atomic E-state index is -0.511. The number of esters is 1. The predicted octanol–water partition coefficient (Wildman–Crippen LogP) is 1.53. The van der Waals surface area contributed by atoms with E-state index in [-0.39, 0.29) is 11.7 Å². The maximum absolute atomic E-state index is 11.3. The van der Waals surface area contributed by atoms with Crippen LogP contribution in [0.25, 0.3) is 0 Å². The first-order chi connectivity index (χ1) is 7.22. The molecule has 1 unspecified atom stereocenters. The molecule has 80 valence electrons. The summed E-state index contributed by atoms with van der Waals surface area (Å²) in [7, 11) is 0.